The maximum absolute atomic E-state index is 13.1. The van der Waals surface area contributed by atoms with Crippen molar-refractivity contribution in [3.8, 4) is 0 Å². The molecule has 1 N–H and O–H groups in total. The summed E-state index contributed by atoms with van der Waals surface area (Å²) in [6.45, 7) is 0.616. The standard InChI is InChI=1S/C15H20F2N2/c1-19-12-3-4-13(19)8-11(7-12)18-9-10-2-5-14(16)15(17)6-10/h2,5-6,11-13,18H,3-4,7-9H2,1H3. The van der Waals surface area contributed by atoms with Gasteiger partial charge in [-0.1, -0.05) is 6.07 Å². The van der Waals surface area contributed by atoms with Crippen molar-refractivity contribution in [3.63, 3.8) is 0 Å². The second-order valence-corrected chi connectivity index (χ2v) is 5.85. The first-order valence-electron chi connectivity index (χ1n) is 7.02. The zero-order valence-electron chi connectivity index (χ0n) is 11.2. The van der Waals surface area contributed by atoms with E-state index in [0.29, 0.717) is 24.7 Å². The van der Waals surface area contributed by atoms with Crippen LogP contribution in [0.1, 0.15) is 31.2 Å². The Hall–Kier alpha value is -1.00. The molecule has 4 heteroatoms. The number of benzene rings is 1. The van der Waals surface area contributed by atoms with Gasteiger partial charge in [0.05, 0.1) is 0 Å². The van der Waals surface area contributed by atoms with Gasteiger partial charge >= 0.3 is 0 Å². The number of piperidine rings is 1. The summed E-state index contributed by atoms with van der Waals surface area (Å²) in [5.74, 6) is -1.54. The first kappa shape index (κ1) is 13.0. The Kier molecular flexibility index (Phi) is 3.54. The van der Waals surface area contributed by atoms with E-state index < -0.39 is 11.6 Å². The summed E-state index contributed by atoms with van der Waals surface area (Å²) < 4.78 is 26.0. The van der Waals surface area contributed by atoms with Gasteiger partial charge in [0.2, 0.25) is 0 Å². The molecule has 2 bridgehead atoms. The summed E-state index contributed by atoms with van der Waals surface area (Å²) in [4.78, 5) is 2.50. The largest absolute Gasteiger partial charge is 0.310 e. The lowest BCUT2D eigenvalue weighted by molar-refractivity contribution is 0.148. The summed E-state index contributed by atoms with van der Waals surface area (Å²) in [6.07, 6.45) is 4.92. The molecular weight excluding hydrogens is 246 g/mol. The molecule has 2 nitrogen and oxygen atoms in total. The highest BCUT2D eigenvalue weighted by molar-refractivity contribution is 5.17. The van der Waals surface area contributed by atoms with Crippen molar-refractivity contribution in [2.24, 2.45) is 0 Å². The molecule has 0 spiro atoms. The van der Waals surface area contributed by atoms with Crippen LogP contribution >= 0.6 is 0 Å². The lowest BCUT2D eigenvalue weighted by Crippen LogP contribution is -2.46. The second kappa shape index (κ2) is 5.17. The minimum Gasteiger partial charge on any atom is -0.310 e. The Balaban J connectivity index is 1.57. The number of nitrogens with one attached hydrogen (secondary N) is 1. The van der Waals surface area contributed by atoms with Gasteiger partial charge < -0.3 is 10.2 Å². The zero-order valence-corrected chi connectivity index (χ0v) is 11.2. The van der Waals surface area contributed by atoms with Crippen LogP contribution in [0, 0.1) is 11.6 Å². The van der Waals surface area contributed by atoms with Crippen LogP contribution in [-0.4, -0.2) is 30.1 Å². The van der Waals surface area contributed by atoms with E-state index in [4.69, 9.17) is 0 Å². The van der Waals surface area contributed by atoms with Crippen LogP contribution in [0.5, 0.6) is 0 Å². The number of fused-ring (bicyclic) bond motifs is 2. The summed E-state index contributed by atoms with van der Waals surface area (Å²) in [5, 5.41) is 3.49. The van der Waals surface area contributed by atoms with Crippen LogP contribution in [0.15, 0.2) is 18.2 Å². The maximum Gasteiger partial charge on any atom is 0.159 e. The van der Waals surface area contributed by atoms with E-state index in [2.05, 4.69) is 17.3 Å². The molecular formula is C15H20F2N2. The van der Waals surface area contributed by atoms with Crippen molar-refractivity contribution in [3.05, 3.63) is 35.4 Å². The van der Waals surface area contributed by atoms with Crippen molar-refractivity contribution in [1.29, 1.82) is 0 Å². The Bertz CT molecular complexity index is 449. The third-order valence-corrected chi connectivity index (χ3v) is 4.68. The van der Waals surface area contributed by atoms with Gasteiger partial charge in [-0.15, -0.1) is 0 Å². The first-order valence-corrected chi connectivity index (χ1v) is 7.02. The molecule has 2 heterocycles. The van der Waals surface area contributed by atoms with Crippen LogP contribution in [0.2, 0.25) is 0 Å². The number of nitrogens with zero attached hydrogens (tertiary/aromatic N) is 1. The van der Waals surface area contributed by atoms with Crippen molar-refractivity contribution in [2.75, 3.05) is 7.05 Å². The van der Waals surface area contributed by atoms with Crippen molar-refractivity contribution in [1.82, 2.24) is 10.2 Å². The fraction of sp³-hybridized carbons (Fsp3) is 0.600. The van der Waals surface area contributed by atoms with Gasteiger partial charge in [0.25, 0.3) is 0 Å². The van der Waals surface area contributed by atoms with Crippen LogP contribution < -0.4 is 5.32 Å². The fourth-order valence-electron chi connectivity index (χ4n) is 3.49. The number of rotatable bonds is 3. The number of halogens is 2. The van der Waals surface area contributed by atoms with E-state index in [9.17, 15) is 8.78 Å². The second-order valence-electron chi connectivity index (χ2n) is 5.85. The van der Waals surface area contributed by atoms with E-state index in [1.54, 1.807) is 6.07 Å². The van der Waals surface area contributed by atoms with Crippen LogP contribution in [0.3, 0.4) is 0 Å². The molecule has 2 saturated heterocycles. The average Bonchev–Trinajstić information content (AvgIpc) is 2.64. The monoisotopic (exact) mass is 266 g/mol. The van der Waals surface area contributed by atoms with Crippen molar-refractivity contribution >= 4 is 0 Å². The lowest BCUT2D eigenvalue weighted by atomic mass is 9.98. The average molecular weight is 266 g/mol. The maximum atomic E-state index is 13.1. The smallest absolute Gasteiger partial charge is 0.159 e. The summed E-state index contributed by atoms with van der Waals surface area (Å²) in [7, 11) is 2.22. The molecule has 0 aliphatic carbocycles. The molecule has 2 aliphatic heterocycles. The SMILES string of the molecule is CN1C2CCC1CC(NCc1ccc(F)c(F)c1)C2. The van der Waals surface area contributed by atoms with Gasteiger partial charge in [0, 0.05) is 24.7 Å². The summed E-state index contributed by atoms with van der Waals surface area (Å²) >= 11 is 0. The molecule has 2 atom stereocenters. The molecule has 1 aromatic rings. The Morgan fingerprint density at radius 3 is 2.47 bits per heavy atom. The van der Waals surface area contributed by atoms with Crippen molar-refractivity contribution < 1.29 is 8.78 Å². The molecule has 19 heavy (non-hydrogen) atoms. The minimum atomic E-state index is -0.777. The highest BCUT2D eigenvalue weighted by Gasteiger charge is 2.37. The van der Waals surface area contributed by atoms with Crippen molar-refractivity contribution in [2.45, 2.75) is 50.4 Å². The predicted octanol–water partition coefficient (Wildman–Crippen LogP) is 2.68. The van der Waals surface area contributed by atoms with Gasteiger partial charge in [0.15, 0.2) is 11.6 Å². The van der Waals surface area contributed by atoms with E-state index >= 15 is 0 Å². The number of hydrogen-bond donors (Lipinski definition) is 1. The van der Waals surface area contributed by atoms with E-state index in [-0.39, 0.29) is 0 Å². The van der Waals surface area contributed by atoms with E-state index in [1.165, 1.54) is 25.0 Å². The van der Waals surface area contributed by atoms with Gasteiger partial charge in [-0.3, -0.25) is 0 Å². The summed E-state index contributed by atoms with van der Waals surface area (Å²) in [6, 6.07) is 6.02. The zero-order chi connectivity index (χ0) is 13.4. The van der Waals surface area contributed by atoms with E-state index in [0.717, 1.165) is 18.4 Å². The topological polar surface area (TPSA) is 15.3 Å². The highest BCUT2D eigenvalue weighted by atomic mass is 19.2. The first-order chi connectivity index (χ1) is 9.13. The quantitative estimate of drug-likeness (QED) is 0.905. The normalized spacial score (nSPS) is 30.8. The van der Waals surface area contributed by atoms with Crippen LogP contribution in [-0.2, 0) is 6.54 Å². The predicted molar refractivity (Wildman–Crippen MR) is 70.8 cm³/mol. The molecule has 1 aromatic carbocycles. The van der Waals surface area contributed by atoms with Gasteiger partial charge in [-0.05, 0) is 50.4 Å². The molecule has 0 saturated carbocycles. The Labute approximate surface area is 112 Å². The minimum absolute atomic E-state index is 0.502. The highest BCUT2D eigenvalue weighted by Crippen LogP contribution is 2.34. The summed E-state index contributed by atoms with van der Waals surface area (Å²) in [5.41, 5.74) is 0.810. The molecule has 0 amide bonds. The van der Waals surface area contributed by atoms with Gasteiger partial charge in [0.1, 0.15) is 0 Å². The van der Waals surface area contributed by atoms with Crippen LogP contribution in [0.4, 0.5) is 8.78 Å². The fourth-order valence-corrected chi connectivity index (χ4v) is 3.49. The number of hydrogen-bond acceptors (Lipinski definition) is 2. The molecule has 2 aliphatic rings. The third-order valence-electron chi connectivity index (χ3n) is 4.68. The van der Waals surface area contributed by atoms with Crippen LogP contribution in [0.25, 0.3) is 0 Å². The lowest BCUT2D eigenvalue weighted by Gasteiger charge is -2.36. The third kappa shape index (κ3) is 2.65. The van der Waals surface area contributed by atoms with E-state index in [1.807, 2.05) is 0 Å². The Morgan fingerprint density at radius 2 is 1.84 bits per heavy atom. The molecule has 0 aromatic heterocycles. The van der Waals surface area contributed by atoms with Gasteiger partial charge in [-0.25, -0.2) is 8.78 Å². The molecule has 2 unspecified atom stereocenters. The molecule has 3 rings (SSSR count). The Morgan fingerprint density at radius 1 is 1.16 bits per heavy atom. The molecule has 104 valence electrons. The molecule has 2 fully saturated rings. The molecule has 0 radical (unpaired) electrons. The van der Waals surface area contributed by atoms with Gasteiger partial charge in [-0.2, -0.15) is 0 Å².